The second kappa shape index (κ2) is 5.66. The third-order valence-corrected chi connectivity index (χ3v) is 3.76. The highest BCUT2D eigenvalue weighted by molar-refractivity contribution is 7.15. The van der Waals surface area contributed by atoms with Crippen molar-refractivity contribution in [2.24, 2.45) is 0 Å². The van der Waals surface area contributed by atoms with E-state index >= 15 is 0 Å². The Balaban J connectivity index is 1.68. The summed E-state index contributed by atoms with van der Waals surface area (Å²) in [6.07, 6.45) is 4.68. The molecule has 0 amide bonds. The van der Waals surface area contributed by atoms with E-state index in [1.165, 1.54) is 17.4 Å². The summed E-state index contributed by atoms with van der Waals surface area (Å²) in [6, 6.07) is 0. The maximum atomic E-state index is 11.7. The third kappa shape index (κ3) is 2.81. The highest BCUT2D eigenvalue weighted by atomic mass is 35.5. The number of halogens is 1. The summed E-state index contributed by atoms with van der Waals surface area (Å²) >= 11 is 7.47. The Kier molecular flexibility index (Phi) is 3.72. The van der Waals surface area contributed by atoms with Gasteiger partial charge in [-0.2, -0.15) is 0 Å². The molecule has 3 heterocycles. The van der Waals surface area contributed by atoms with Crippen LogP contribution in [-0.4, -0.2) is 25.7 Å². The van der Waals surface area contributed by atoms with Crippen LogP contribution in [0.3, 0.4) is 0 Å². The molecule has 0 unspecified atom stereocenters. The molecule has 0 saturated heterocycles. The van der Waals surface area contributed by atoms with Crippen LogP contribution in [0.4, 0.5) is 0 Å². The van der Waals surface area contributed by atoms with Crippen molar-refractivity contribution in [3.63, 3.8) is 0 Å². The van der Waals surface area contributed by atoms with Crippen LogP contribution in [0.2, 0.25) is 5.15 Å². The van der Waals surface area contributed by atoms with E-state index in [0.717, 1.165) is 4.96 Å². The second-order valence-electron chi connectivity index (χ2n) is 4.08. The molecule has 0 N–H and O–H groups in total. The maximum Gasteiger partial charge on any atom is 0.331 e. The summed E-state index contributed by atoms with van der Waals surface area (Å²) < 4.78 is 11.3. The molecule has 0 saturated carbocycles. The summed E-state index contributed by atoms with van der Waals surface area (Å²) in [5.41, 5.74) is 1.70. The largest absolute Gasteiger partial charge is 0.456 e. The second-order valence-corrected chi connectivity index (χ2v) is 5.31. The minimum Gasteiger partial charge on any atom is -0.456 e. The van der Waals surface area contributed by atoms with Crippen molar-refractivity contribution in [1.29, 1.82) is 0 Å². The van der Waals surface area contributed by atoms with Gasteiger partial charge in [-0.15, -0.1) is 11.3 Å². The van der Waals surface area contributed by atoms with Crippen LogP contribution in [0, 0.1) is 6.92 Å². The zero-order valence-electron chi connectivity index (χ0n) is 10.8. The lowest BCUT2D eigenvalue weighted by molar-refractivity contribution is -0.139. The fourth-order valence-electron chi connectivity index (χ4n) is 1.64. The van der Waals surface area contributed by atoms with Crippen molar-refractivity contribution in [3.05, 3.63) is 39.9 Å². The van der Waals surface area contributed by atoms with Crippen molar-refractivity contribution < 1.29 is 14.2 Å². The first-order valence-electron chi connectivity index (χ1n) is 5.89. The summed E-state index contributed by atoms with van der Waals surface area (Å²) in [4.78, 5) is 16.6. The number of nitrogens with zero attached hydrogens (tertiary/aromatic N) is 4. The molecule has 7 nitrogen and oxygen atoms in total. The van der Waals surface area contributed by atoms with Gasteiger partial charge in [-0.05, 0) is 13.0 Å². The Morgan fingerprint density at radius 2 is 2.43 bits per heavy atom. The smallest absolute Gasteiger partial charge is 0.331 e. The first kappa shape index (κ1) is 13.8. The molecule has 0 aliphatic rings. The normalized spacial score (nSPS) is 11.5. The molecule has 108 valence electrons. The van der Waals surface area contributed by atoms with Gasteiger partial charge in [-0.1, -0.05) is 21.9 Å². The molecule has 21 heavy (non-hydrogen) atoms. The lowest BCUT2D eigenvalue weighted by atomic mass is 10.3. The molecular formula is C12H9ClN4O3S. The van der Waals surface area contributed by atoms with E-state index in [4.69, 9.17) is 16.3 Å². The Bertz CT molecular complexity index is 820. The number of carbonyl (C=O) groups excluding carboxylic acids is 1. The van der Waals surface area contributed by atoms with E-state index in [0.29, 0.717) is 22.2 Å². The number of fused-ring (bicyclic) bond motifs is 1. The highest BCUT2D eigenvalue weighted by Gasteiger charge is 2.10. The van der Waals surface area contributed by atoms with E-state index in [2.05, 4.69) is 19.9 Å². The molecule has 0 aliphatic carbocycles. The van der Waals surface area contributed by atoms with Gasteiger partial charge in [-0.25, -0.2) is 14.4 Å². The van der Waals surface area contributed by atoms with Gasteiger partial charge in [-0.3, -0.25) is 4.40 Å². The number of carbonyl (C=O) groups is 1. The summed E-state index contributed by atoms with van der Waals surface area (Å²) in [6.45, 7) is 1.72. The fraction of sp³-hybridized carbons (Fsp3) is 0.167. The topological polar surface area (TPSA) is 82.5 Å². The predicted octanol–water partition coefficient (Wildman–Crippen LogP) is 2.50. The van der Waals surface area contributed by atoms with Crippen LogP contribution in [-0.2, 0) is 16.1 Å². The average molecular weight is 325 g/mol. The van der Waals surface area contributed by atoms with Gasteiger partial charge >= 0.3 is 5.97 Å². The molecule has 0 aliphatic heterocycles. The van der Waals surface area contributed by atoms with Crippen molar-refractivity contribution in [3.8, 4) is 0 Å². The van der Waals surface area contributed by atoms with Crippen LogP contribution in [0.5, 0.6) is 0 Å². The molecule has 9 heteroatoms. The van der Waals surface area contributed by atoms with Gasteiger partial charge in [0.1, 0.15) is 18.0 Å². The SMILES string of the molecule is Cc1nonc1COC(=O)/C=C/c1c(Cl)nc2sccn12. The van der Waals surface area contributed by atoms with E-state index in [1.54, 1.807) is 17.4 Å². The van der Waals surface area contributed by atoms with Crippen LogP contribution >= 0.6 is 22.9 Å². The van der Waals surface area contributed by atoms with Crippen molar-refractivity contribution in [1.82, 2.24) is 19.7 Å². The lowest BCUT2D eigenvalue weighted by Gasteiger charge is -1.98. The number of esters is 1. The molecular weight excluding hydrogens is 316 g/mol. The Morgan fingerprint density at radius 3 is 3.19 bits per heavy atom. The number of rotatable bonds is 4. The molecule has 0 atom stereocenters. The van der Waals surface area contributed by atoms with Gasteiger partial charge in [0.2, 0.25) is 0 Å². The number of ether oxygens (including phenoxy) is 1. The fourth-order valence-corrected chi connectivity index (χ4v) is 2.65. The van der Waals surface area contributed by atoms with Crippen molar-refractivity contribution in [2.75, 3.05) is 0 Å². The monoisotopic (exact) mass is 324 g/mol. The number of thiazole rings is 1. The van der Waals surface area contributed by atoms with E-state index in [-0.39, 0.29) is 6.61 Å². The molecule has 0 spiro atoms. The van der Waals surface area contributed by atoms with Gasteiger partial charge in [0, 0.05) is 17.7 Å². The Labute approximate surface area is 127 Å². The van der Waals surface area contributed by atoms with Gasteiger partial charge in [0.15, 0.2) is 10.1 Å². The third-order valence-electron chi connectivity index (χ3n) is 2.73. The standard InChI is InChI=1S/C12H9ClN4O3S/c1-7-8(16-20-15-7)6-19-10(18)3-2-9-11(13)14-12-17(9)4-5-21-12/h2-5H,6H2,1H3/b3-2+. The lowest BCUT2D eigenvalue weighted by Crippen LogP contribution is -2.02. The van der Waals surface area contributed by atoms with Gasteiger partial charge in [0.25, 0.3) is 0 Å². The summed E-state index contributed by atoms with van der Waals surface area (Å²) in [5.74, 6) is -0.515. The average Bonchev–Trinajstić information content (AvgIpc) is 3.12. The van der Waals surface area contributed by atoms with E-state index in [9.17, 15) is 4.79 Å². The first-order valence-corrected chi connectivity index (χ1v) is 7.15. The molecule has 0 radical (unpaired) electrons. The quantitative estimate of drug-likeness (QED) is 0.541. The highest BCUT2D eigenvalue weighted by Crippen LogP contribution is 2.22. The molecule has 3 aromatic heterocycles. The summed E-state index contributed by atoms with van der Waals surface area (Å²) in [5, 5.41) is 9.44. The predicted molar refractivity (Wildman–Crippen MR) is 75.9 cm³/mol. The first-order chi connectivity index (χ1) is 10.1. The number of aryl methyl sites for hydroxylation is 1. The minimum atomic E-state index is -0.515. The van der Waals surface area contributed by atoms with Crippen molar-refractivity contribution in [2.45, 2.75) is 13.5 Å². The van der Waals surface area contributed by atoms with Crippen LogP contribution in [0.1, 0.15) is 17.1 Å². The number of hydrogen-bond acceptors (Lipinski definition) is 7. The maximum absolute atomic E-state index is 11.7. The zero-order valence-corrected chi connectivity index (χ0v) is 12.4. The van der Waals surface area contributed by atoms with E-state index < -0.39 is 5.97 Å². The molecule has 0 fully saturated rings. The molecule has 3 aromatic rings. The molecule has 3 rings (SSSR count). The van der Waals surface area contributed by atoms with Crippen LogP contribution in [0.15, 0.2) is 22.3 Å². The van der Waals surface area contributed by atoms with E-state index in [1.807, 2.05) is 11.6 Å². The van der Waals surface area contributed by atoms with Crippen LogP contribution in [0.25, 0.3) is 11.0 Å². The van der Waals surface area contributed by atoms with Crippen molar-refractivity contribution >= 4 is 39.9 Å². The number of imidazole rings is 1. The number of hydrogen-bond donors (Lipinski definition) is 0. The van der Waals surface area contributed by atoms with Crippen LogP contribution < -0.4 is 0 Å². The van der Waals surface area contributed by atoms with Gasteiger partial charge in [0.05, 0.1) is 5.69 Å². The Hall–Kier alpha value is -2.19. The zero-order chi connectivity index (χ0) is 14.8. The minimum absolute atomic E-state index is 0.00645. The summed E-state index contributed by atoms with van der Waals surface area (Å²) in [7, 11) is 0. The molecule has 0 aromatic carbocycles. The molecule has 0 bridgehead atoms. The van der Waals surface area contributed by atoms with Gasteiger partial charge < -0.3 is 4.74 Å². The number of aromatic nitrogens is 4. The Morgan fingerprint density at radius 1 is 1.57 bits per heavy atom.